The summed E-state index contributed by atoms with van der Waals surface area (Å²) >= 11 is 0. The maximum Gasteiger partial charge on any atom is 0.335 e. The number of carbonyl (C=O) groups is 1. The van der Waals surface area contributed by atoms with E-state index in [-0.39, 0.29) is 41.7 Å². The lowest BCUT2D eigenvalue weighted by Crippen LogP contribution is -2.40. The fourth-order valence-corrected chi connectivity index (χ4v) is 4.77. The number of ether oxygens (including phenoxy) is 2. The van der Waals surface area contributed by atoms with Gasteiger partial charge in [-0.3, -0.25) is 0 Å². The topological polar surface area (TPSA) is 95.7 Å². The second-order valence-corrected chi connectivity index (χ2v) is 10.3. The van der Waals surface area contributed by atoms with Crippen molar-refractivity contribution in [2.75, 3.05) is 18.1 Å². The second-order valence-electron chi connectivity index (χ2n) is 10.3. The zero-order chi connectivity index (χ0) is 30.5. The predicted octanol–water partition coefficient (Wildman–Crippen LogP) is 6.84. The molecule has 1 fully saturated rings. The van der Waals surface area contributed by atoms with Crippen LogP contribution in [0.5, 0.6) is 5.88 Å². The number of anilines is 1. The summed E-state index contributed by atoms with van der Waals surface area (Å²) in [4.78, 5) is 18.0. The number of halogens is 2. The fraction of sp³-hybridized carbons (Fsp3) is 0.206. The number of aromatic nitrogens is 1. The van der Waals surface area contributed by atoms with Crippen LogP contribution in [0, 0.1) is 29.9 Å². The van der Waals surface area contributed by atoms with Crippen LogP contribution in [-0.4, -0.2) is 35.3 Å². The molecule has 0 saturated carbocycles. The van der Waals surface area contributed by atoms with Gasteiger partial charge in [0, 0.05) is 48.2 Å². The van der Waals surface area contributed by atoms with Crippen molar-refractivity contribution >= 4 is 11.7 Å². The van der Waals surface area contributed by atoms with Crippen molar-refractivity contribution in [3.8, 4) is 23.2 Å². The fourth-order valence-electron chi connectivity index (χ4n) is 4.77. The molecule has 0 amide bonds. The zero-order valence-electron chi connectivity index (χ0n) is 23.5. The number of benzene rings is 3. The van der Waals surface area contributed by atoms with Crippen LogP contribution < -0.4 is 9.64 Å². The Hall–Kier alpha value is -5.07. The van der Waals surface area contributed by atoms with E-state index in [2.05, 4.69) is 11.6 Å². The highest BCUT2D eigenvalue weighted by Crippen LogP contribution is 2.30. The van der Waals surface area contributed by atoms with Crippen molar-refractivity contribution in [3.63, 3.8) is 0 Å². The Balaban J connectivity index is 1.32. The second kappa shape index (κ2) is 12.8. The van der Waals surface area contributed by atoms with E-state index < -0.39 is 17.6 Å². The Labute approximate surface area is 248 Å². The maximum atomic E-state index is 15.4. The summed E-state index contributed by atoms with van der Waals surface area (Å²) in [5.74, 6) is -1.77. The van der Waals surface area contributed by atoms with E-state index in [9.17, 15) is 14.3 Å². The summed E-state index contributed by atoms with van der Waals surface area (Å²) in [6, 6.07) is 20.9. The van der Waals surface area contributed by atoms with E-state index in [0.29, 0.717) is 41.4 Å². The molecule has 1 atom stereocenters. The molecule has 0 bridgehead atoms. The third-order valence-corrected chi connectivity index (χ3v) is 7.33. The van der Waals surface area contributed by atoms with Gasteiger partial charge in [0.1, 0.15) is 18.2 Å². The van der Waals surface area contributed by atoms with Crippen LogP contribution in [0.2, 0.25) is 0 Å². The van der Waals surface area contributed by atoms with E-state index in [1.165, 1.54) is 18.2 Å². The van der Waals surface area contributed by atoms with Gasteiger partial charge in [-0.25, -0.2) is 18.6 Å². The van der Waals surface area contributed by atoms with Gasteiger partial charge < -0.3 is 19.5 Å². The minimum atomic E-state index is -1.03. The number of rotatable bonds is 11. The van der Waals surface area contributed by atoms with Crippen LogP contribution in [0.25, 0.3) is 11.3 Å². The predicted molar refractivity (Wildman–Crippen MR) is 158 cm³/mol. The first-order chi connectivity index (χ1) is 20.7. The van der Waals surface area contributed by atoms with Crippen molar-refractivity contribution in [2.45, 2.75) is 32.5 Å². The minimum Gasteiger partial charge on any atom is -0.478 e. The van der Waals surface area contributed by atoms with E-state index in [4.69, 9.17) is 14.7 Å². The molecule has 1 unspecified atom stereocenters. The van der Waals surface area contributed by atoms with Gasteiger partial charge in [-0.15, -0.1) is 0 Å². The highest BCUT2D eigenvalue weighted by atomic mass is 19.1. The number of hydrogen-bond donors (Lipinski definition) is 1. The number of carboxylic acid groups (broad SMARTS) is 1. The summed E-state index contributed by atoms with van der Waals surface area (Å²) in [6.07, 6.45) is 1.05. The van der Waals surface area contributed by atoms with Crippen LogP contribution in [0.4, 0.5) is 14.5 Å². The van der Waals surface area contributed by atoms with E-state index in [1.54, 1.807) is 48.5 Å². The summed E-state index contributed by atoms with van der Waals surface area (Å²) in [6.45, 7) is 7.19. The number of nitriles is 1. The molecule has 1 saturated heterocycles. The highest BCUT2D eigenvalue weighted by molar-refractivity contribution is 5.89. The molecule has 43 heavy (non-hydrogen) atoms. The van der Waals surface area contributed by atoms with Crippen molar-refractivity contribution < 1.29 is 28.2 Å². The zero-order valence-corrected chi connectivity index (χ0v) is 23.5. The van der Waals surface area contributed by atoms with E-state index >= 15 is 4.39 Å². The van der Waals surface area contributed by atoms with Gasteiger partial charge in [0.2, 0.25) is 5.88 Å². The van der Waals surface area contributed by atoms with Gasteiger partial charge in [-0.1, -0.05) is 36.9 Å². The number of allylic oxidation sites excluding steroid dienone is 1. The molecule has 0 spiro atoms. The van der Waals surface area contributed by atoms with E-state index in [1.807, 2.05) is 17.9 Å². The molecule has 1 aliphatic heterocycles. The van der Waals surface area contributed by atoms with Crippen molar-refractivity contribution in [1.82, 2.24) is 4.98 Å². The van der Waals surface area contributed by atoms with E-state index in [0.717, 1.165) is 18.1 Å². The number of pyridine rings is 1. The van der Waals surface area contributed by atoms with Crippen molar-refractivity contribution in [2.24, 2.45) is 0 Å². The Bertz CT molecular complexity index is 1730. The van der Waals surface area contributed by atoms with Gasteiger partial charge in [0.05, 0.1) is 29.0 Å². The first-order valence-corrected chi connectivity index (χ1v) is 13.7. The molecule has 2 heterocycles. The van der Waals surface area contributed by atoms with Crippen LogP contribution >= 0.6 is 0 Å². The quantitative estimate of drug-likeness (QED) is 0.207. The van der Waals surface area contributed by atoms with Crippen molar-refractivity contribution in [1.29, 1.82) is 5.26 Å². The summed E-state index contributed by atoms with van der Waals surface area (Å²) < 4.78 is 41.0. The Morgan fingerprint density at radius 3 is 2.56 bits per heavy atom. The third-order valence-electron chi connectivity index (χ3n) is 7.33. The summed E-state index contributed by atoms with van der Waals surface area (Å²) in [7, 11) is 0. The number of hydrogen-bond acceptors (Lipinski definition) is 6. The maximum absolute atomic E-state index is 15.4. The number of aryl methyl sites for hydroxylation is 1. The molecule has 5 rings (SSSR count). The highest BCUT2D eigenvalue weighted by Gasteiger charge is 2.25. The standard InChI is InChI=1S/C34H29F2N3O4/c1-21-6-8-26(34(40)41)17-32(21)39(19-28-12-13-42-28)22(2)14-24-10-11-25(16-30(24)36)31-4-3-5-33(38-31)43-20-27-9-7-23(18-37)15-29(27)35/h3-11,15-17,28H,2,12-14,19-20H2,1H3,(H,40,41). The molecule has 7 nitrogen and oxygen atoms in total. The van der Waals surface area contributed by atoms with Gasteiger partial charge in [0.15, 0.2) is 0 Å². The molecule has 0 radical (unpaired) electrons. The molecular formula is C34H29F2N3O4. The molecule has 4 aromatic rings. The Morgan fingerprint density at radius 1 is 1.12 bits per heavy atom. The Morgan fingerprint density at radius 2 is 1.88 bits per heavy atom. The normalized spacial score (nSPS) is 14.0. The van der Waals surface area contributed by atoms with Gasteiger partial charge in [0.25, 0.3) is 0 Å². The molecule has 1 aromatic heterocycles. The van der Waals surface area contributed by atoms with Crippen LogP contribution in [-0.2, 0) is 17.8 Å². The molecule has 3 aromatic carbocycles. The lowest BCUT2D eigenvalue weighted by Gasteiger charge is -2.36. The van der Waals surface area contributed by atoms with Gasteiger partial charge >= 0.3 is 5.97 Å². The van der Waals surface area contributed by atoms with Crippen LogP contribution in [0.15, 0.2) is 85.1 Å². The average Bonchev–Trinajstić information content (AvgIpc) is 2.97. The molecule has 9 heteroatoms. The van der Waals surface area contributed by atoms with Crippen molar-refractivity contribution in [3.05, 3.63) is 125 Å². The summed E-state index contributed by atoms with van der Waals surface area (Å²) in [5.41, 5.74) is 4.27. The summed E-state index contributed by atoms with van der Waals surface area (Å²) in [5, 5.41) is 18.4. The largest absolute Gasteiger partial charge is 0.478 e. The smallest absolute Gasteiger partial charge is 0.335 e. The monoisotopic (exact) mass is 581 g/mol. The van der Waals surface area contributed by atoms with Gasteiger partial charge in [-0.2, -0.15) is 5.26 Å². The first kappa shape index (κ1) is 29.4. The lowest BCUT2D eigenvalue weighted by molar-refractivity contribution is -0.0438. The first-order valence-electron chi connectivity index (χ1n) is 13.7. The minimum absolute atomic E-state index is 0.0224. The number of aromatic carboxylic acids is 1. The molecular weight excluding hydrogens is 552 g/mol. The number of carboxylic acids is 1. The average molecular weight is 582 g/mol. The lowest BCUT2D eigenvalue weighted by atomic mass is 10.0. The molecule has 1 N–H and O–H groups in total. The SMILES string of the molecule is C=C(Cc1ccc(-c2cccc(OCc3ccc(C#N)cc3F)n2)cc1F)N(CC1CCO1)c1cc(C(=O)O)ccc1C. The number of nitrogens with zero attached hydrogens (tertiary/aromatic N) is 3. The molecule has 0 aliphatic carbocycles. The Kier molecular flexibility index (Phi) is 8.79. The van der Waals surface area contributed by atoms with Crippen LogP contribution in [0.1, 0.15) is 39.0 Å². The molecule has 1 aliphatic rings. The van der Waals surface area contributed by atoms with Crippen LogP contribution in [0.3, 0.4) is 0 Å². The molecule has 218 valence electrons. The third kappa shape index (κ3) is 6.88. The van der Waals surface area contributed by atoms with Gasteiger partial charge in [-0.05, 0) is 60.9 Å².